The van der Waals surface area contributed by atoms with E-state index in [2.05, 4.69) is 24.3 Å². The summed E-state index contributed by atoms with van der Waals surface area (Å²) in [4.78, 5) is 40.2. The maximum atomic E-state index is 13.1. The molecule has 1 aliphatic heterocycles. The van der Waals surface area contributed by atoms with Gasteiger partial charge in [-0.1, -0.05) is 29.8 Å². The van der Waals surface area contributed by atoms with Gasteiger partial charge in [0.2, 0.25) is 5.78 Å². The first kappa shape index (κ1) is 24.5. The highest BCUT2D eigenvalue weighted by molar-refractivity contribution is 6.43. The van der Waals surface area contributed by atoms with E-state index in [-0.39, 0.29) is 6.61 Å². The van der Waals surface area contributed by atoms with Crippen LogP contribution in [0.3, 0.4) is 0 Å². The minimum absolute atomic E-state index is 0.288. The van der Waals surface area contributed by atoms with Crippen LogP contribution in [0.4, 0.5) is 0 Å². The van der Waals surface area contributed by atoms with Gasteiger partial charge in [-0.15, -0.1) is 0 Å². The van der Waals surface area contributed by atoms with Crippen LogP contribution in [0.5, 0.6) is 5.75 Å². The second-order valence-electron chi connectivity index (χ2n) is 8.74. The number of likely N-dealkylation sites (tertiary alicyclic amines) is 1. The van der Waals surface area contributed by atoms with Gasteiger partial charge in [-0.3, -0.25) is 9.59 Å². The number of hydrogen-bond donors (Lipinski definition) is 0. The summed E-state index contributed by atoms with van der Waals surface area (Å²) in [5, 5.41) is 0. The normalized spacial score (nSPS) is 15.8. The van der Waals surface area contributed by atoms with E-state index in [0.29, 0.717) is 30.7 Å². The lowest BCUT2D eigenvalue weighted by atomic mass is 9.98. The highest BCUT2D eigenvalue weighted by Gasteiger charge is 2.36. The SMILES string of the molecule is COc1c(C)cc(C(=O)C(=O)N2CCCCC2C(=O)OCCCc2ccc(C)cc2)cc1C. The van der Waals surface area contributed by atoms with Crippen LogP contribution in [0.15, 0.2) is 36.4 Å². The van der Waals surface area contributed by atoms with Gasteiger partial charge in [0, 0.05) is 12.1 Å². The summed E-state index contributed by atoms with van der Waals surface area (Å²) < 4.78 is 10.8. The van der Waals surface area contributed by atoms with E-state index < -0.39 is 23.7 Å². The van der Waals surface area contributed by atoms with Gasteiger partial charge in [-0.2, -0.15) is 0 Å². The van der Waals surface area contributed by atoms with Crippen LogP contribution < -0.4 is 4.74 Å². The predicted molar refractivity (Wildman–Crippen MR) is 127 cm³/mol. The topological polar surface area (TPSA) is 72.9 Å². The van der Waals surface area contributed by atoms with Gasteiger partial charge in [0.1, 0.15) is 11.8 Å². The van der Waals surface area contributed by atoms with E-state index in [0.717, 1.165) is 30.4 Å². The number of piperidine rings is 1. The van der Waals surface area contributed by atoms with Crippen molar-refractivity contribution in [1.82, 2.24) is 4.90 Å². The third-order valence-electron chi connectivity index (χ3n) is 6.13. The van der Waals surface area contributed by atoms with Crippen LogP contribution >= 0.6 is 0 Å². The number of aryl methyl sites for hydroxylation is 4. The summed E-state index contributed by atoms with van der Waals surface area (Å²) >= 11 is 0. The predicted octanol–water partition coefficient (Wildman–Crippen LogP) is 4.36. The van der Waals surface area contributed by atoms with E-state index in [1.165, 1.54) is 16.0 Å². The van der Waals surface area contributed by atoms with E-state index in [9.17, 15) is 14.4 Å². The number of ketones is 1. The third kappa shape index (κ3) is 6.01. The maximum Gasteiger partial charge on any atom is 0.328 e. The summed E-state index contributed by atoms with van der Waals surface area (Å²) in [6.45, 7) is 6.39. The molecule has 0 N–H and O–H groups in total. The Morgan fingerprint density at radius 2 is 1.67 bits per heavy atom. The van der Waals surface area contributed by atoms with Crippen LogP contribution in [-0.4, -0.2) is 48.9 Å². The first-order valence-electron chi connectivity index (χ1n) is 11.5. The van der Waals surface area contributed by atoms with Gasteiger partial charge in [-0.05, 0) is 81.7 Å². The molecule has 0 saturated carbocycles. The fraction of sp³-hybridized carbons (Fsp3) is 0.444. The van der Waals surface area contributed by atoms with Crippen molar-refractivity contribution in [2.45, 2.75) is 58.9 Å². The molecule has 3 rings (SSSR count). The summed E-state index contributed by atoms with van der Waals surface area (Å²) in [6, 6.07) is 10.9. The van der Waals surface area contributed by atoms with Gasteiger partial charge in [0.15, 0.2) is 0 Å². The Bertz CT molecular complexity index is 989. The molecule has 1 heterocycles. The van der Waals surface area contributed by atoms with Crippen LogP contribution in [0.2, 0.25) is 0 Å². The summed E-state index contributed by atoms with van der Waals surface area (Å²) in [6.07, 6.45) is 3.61. The number of carbonyl (C=O) groups is 3. The van der Waals surface area contributed by atoms with Crippen molar-refractivity contribution in [2.75, 3.05) is 20.3 Å². The summed E-state index contributed by atoms with van der Waals surface area (Å²) in [5.41, 5.74) is 4.30. The minimum Gasteiger partial charge on any atom is -0.496 e. The monoisotopic (exact) mass is 451 g/mol. The Balaban J connectivity index is 1.61. The standard InChI is InChI=1S/C27H33NO5/c1-18-10-12-21(13-11-18)8-7-15-33-27(31)23-9-5-6-14-28(23)26(30)24(29)22-16-19(2)25(32-4)20(3)17-22/h10-13,16-17,23H,5-9,14-15H2,1-4H3. The van der Waals surface area contributed by atoms with Gasteiger partial charge in [-0.25, -0.2) is 4.79 Å². The van der Waals surface area contributed by atoms with Crippen molar-refractivity contribution in [1.29, 1.82) is 0 Å². The van der Waals surface area contributed by atoms with Crippen molar-refractivity contribution >= 4 is 17.7 Å². The van der Waals surface area contributed by atoms with Crippen molar-refractivity contribution in [3.63, 3.8) is 0 Å². The number of amides is 1. The van der Waals surface area contributed by atoms with Gasteiger partial charge in [0.25, 0.3) is 5.91 Å². The highest BCUT2D eigenvalue weighted by atomic mass is 16.5. The number of nitrogens with zero attached hydrogens (tertiary/aromatic N) is 1. The first-order valence-corrected chi connectivity index (χ1v) is 11.5. The largest absolute Gasteiger partial charge is 0.496 e. The molecule has 6 nitrogen and oxygen atoms in total. The maximum absolute atomic E-state index is 13.1. The van der Waals surface area contributed by atoms with Crippen molar-refractivity contribution in [3.8, 4) is 5.75 Å². The molecule has 1 atom stereocenters. The molecule has 1 saturated heterocycles. The molecule has 2 aromatic carbocycles. The Labute approximate surface area is 195 Å². The van der Waals surface area contributed by atoms with E-state index in [1.54, 1.807) is 19.2 Å². The third-order valence-corrected chi connectivity index (χ3v) is 6.13. The molecule has 0 bridgehead atoms. The molecule has 1 fully saturated rings. The van der Waals surface area contributed by atoms with Crippen LogP contribution in [0.25, 0.3) is 0 Å². The quantitative estimate of drug-likeness (QED) is 0.258. The Morgan fingerprint density at radius 1 is 1.00 bits per heavy atom. The lowest BCUT2D eigenvalue weighted by molar-refractivity contribution is -0.155. The Kier molecular flexibility index (Phi) is 8.26. The van der Waals surface area contributed by atoms with Gasteiger partial charge in [0.05, 0.1) is 13.7 Å². The second-order valence-corrected chi connectivity index (χ2v) is 8.74. The molecule has 33 heavy (non-hydrogen) atoms. The molecule has 6 heteroatoms. The summed E-state index contributed by atoms with van der Waals surface area (Å²) in [5.74, 6) is -0.992. The molecular weight excluding hydrogens is 418 g/mol. The average Bonchev–Trinajstić information content (AvgIpc) is 2.81. The molecule has 0 aliphatic carbocycles. The number of methoxy groups -OCH3 is 1. The highest BCUT2D eigenvalue weighted by Crippen LogP contribution is 2.26. The van der Waals surface area contributed by atoms with Gasteiger partial charge >= 0.3 is 5.97 Å². The van der Waals surface area contributed by atoms with E-state index in [1.807, 2.05) is 20.8 Å². The molecule has 1 unspecified atom stereocenters. The zero-order valence-electron chi connectivity index (χ0n) is 20.0. The molecule has 0 spiro atoms. The first-order chi connectivity index (χ1) is 15.8. The molecule has 1 aliphatic rings. The molecule has 0 radical (unpaired) electrons. The Hall–Kier alpha value is -3.15. The Morgan fingerprint density at radius 3 is 2.30 bits per heavy atom. The zero-order valence-corrected chi connectivity index (χ0v) is 20.0. The molecule has 2 aromatic rings. The van der Waals surface area contributed by atoms with Gasteiger partial charge < -0.3 is 14.4 Å². The number of hydrogen-bond acceptors (Lipinski definition) is 5. The second kappa shape index (κ2) is 11.1. The lowest BCUT2D eigenvalue weighted by Gasteiger charge is -2.33. The number of benzene rings is 2. The molecule has 176 valence electrons. The fourth-order valence-corrected chi connectivity index (χ4v) is 4.38. The van der Waals surface area contributed by atoms with Crippen LogP contribution in [-0.2, 0) is 20.7 Å². The molecular formula is C27H33NO5. The fourth-order valence-electron chi connectivity index (χ4n) is 4.38. The van der Waals surface area contributed by atoms with Crippen LogP contribution in [0, 0.1) is 20.8 Å². The number of esters is 1. The lowest BCUT2D eigenvalue weighted by Crippen LogP contribution is -2.51. The number of Topliss-reactive ketones (excluding diaryl/α,β-unsaturated/α-hetero) is 1. The smallest absolute Gasteiger partial charge is 0.328 e. The van der Waals surface area contributed by atoms with Crippen molar-refractivity contribution in [2.24, 2.45) is 0 Å². The number of ether oxygens (including phenoxy) is 2. The number of rotatable bonds is 8. The van der Waals surface area contributed by atoms with Crippen molar-refractivity contribution in [3.05, 3.63) is 64.2 Å². The number of carbonyl (C=O) groups excluding carboxylic acids is 3. The van der Waals surface area contributed by atoms with Crippen molar-refractivity contribution < 1.29 is 23.9 Å². The zero-order chi connectivity index (χ0) is 24.0. The van der Waals surface area contributed by atoms with E-state index in [4.69, 9.17) is 9.47 Å². The molecule has 0 aromatic heterocycles. The molecule has 1 amide bonds. The minimum atomic E-state index is -0.713. The van der Waals surface area contributed by atoms with E-state index >= 15 is 0 Å². The average molecular weight is 452 g/mol. The van der Waals surface area contributed by atoms with Crippen LogP contribution in [0.1, 0.15) is 58.3 Å². The summed E-state index contributed by atoms with van der Waals surface area (Å²) in [7, 11) is 1.58.